The Morgan fingerprint density at radius 2 is 1.64 bits per heavy atom. The van der Waals surface area contributed by atoms with E-state index < -0.39 is 0 Å². The molecular formula is C22H19NO2. The molecule has 0 aromatic heterocycles. The summed E-state index contributed by atoms with van der Waals surface area (Å²) in [6.07, 6.45) is 1.03. The van der Waals surface area contributed by atoms with Gasteiger partial charge in [-0.25, -0.2) is 0 Å². The van der Waals surface area contributed by atoms with Crippen LogP contribution in [-0.2, 0) is 11.3 Å². The van der Waals surface area contributed by atoms with Gasteiger partial charge in [-0.05, 0) is 22.8 Å². The lowest BCUT2D eigenvalue weighted by Crippen LogP contribution is -2.38. The molecule has 25 heavy (non-hydrogen) atoms. The molecule has 1 heterocycles. The Balaban J connectivity index is 1.67. The van der Waals surface area contributed by atoms with Gasteiger partial charge in [0.15, 0.2) is 5.78 Å². The number of benzene rings is 3. The second-order valence-corrected chi connectivity index (χ2v) is 6.45. The smallest absolute Gasteiger partial charge is 0.223 e. The van der Waals surface area contributed by atoms with Crippen molar-refractivity contribution in [3.63, 3.8) is 0 Å². The van der Waals surface area contributed by atoms with Gasteiger partial charge in [0.2, 0.25) is 5.91 Å². The second-order valence-electron chi connectivity index (χ2n) is 6.45. The predicted octanol–water partition coefficient (Wildman–Crippen LogP) is 4.21. The number of rotatable bonds is 4. The van der Waals surface area contributed by atoms with E-state index in [-0.39, 0.29) is 17.7 Å². The summed E-state index contributed by atoms with van der Waals surface area (Å²) in [6.45, 7) is 0.487. The highest BCUT2D eigenvalue weighted by Gasteiger charge is 2.36. The zero-order chi connectivity index (χ0) is 17.2. The number of fused-ring (bicyclic) bond motifs is 1. The molecule has 3 aromatic rings. The fourth-order valence-electron chi connectivity index (χ4n) is 3.60. The molecule has 0 aliphatic carbocycles. The molecule has 1 saturated heterocycles. The van der Waals surface area contributed by atoms with E-state index in [1.807, 2.05) is 72.8 Å². The van der Waals surface area contributed by atoms with Crippen molar-refractivity contribution in [2.24, 2.45) is 0 Å². The van der Waals surface area contributed by atoms with Crippen molar-refractivity contribution in [2.45, 2.75) is 25.4 Å². The van der Waals surface area contributed by atoms with Gasteiger partial charge in [0, 0.05) is 18.5 Å². The van der Waals surface area contributed by atoms with Crippen LogP contribution in [0.15, 0.2) is 72.8 Å². The van der Waals surface area contributed by atoms with Crippen LogP contribution < -0.4 is 0 Å². The molecule has 3 heteroatoms. The number of ketones is 1. The van der Waals surface area contributed by atoms with Crippen LogP contribution in [0.1, 0.15) is 28.8 Å². The number of amides is 1. The van der Waals surface area contributed by atoms with Gasteiger partial charge in [-0.1, -0.05) is 72.8 Å². The molecule has 1 atom stereocenters. The van der Waals surface area contributed by atoms with E-state index in [1.54, 1.807) is 4.90 Å². The monoisotopic (exact) mass is 329 g/mol. The van der Waals surface area contributed by atoms with Crippen molar-refractivity contribution in [1.82, 2.24) is 4.90 Å². The molecule has 0 saturated carbocycles. The number of hydrogen-bond acceptors (Lipinski definition) is 2. The molecule has 0 radical (unpaired) electrons. The fraction of sp³-hybridized carbons (Fsp3) is 0.182. The first-order valence-corrected chi connectivity index (χ1v) is 8.59. The molecule has 124 valence electrons. The third kappa shape index (κ3) is 2.93. The minimum atomic E-state index is -0.376. The summed E-state index contributed by atoms with van der Waals surface area (Å²) < 4.78 is 0. The molecule has 4 rings (SSSR count). The van der Waals surface area contributed by atoms with Crippen LogP contribution in [0.5, 0.6) is 0 Å². The highest BCUT2D eigenvalue weighted by atomic mass is 16.2. The highest BCUT2D eigenvalue weighted by Crippen LogP contribution is 2.27. The minimum absolute atomic E-state index is 0.0404. The molecule has 1 aliphatic rings. The Kier molecular flexibility index (Phi) is 4.06. The van der Waals surface area contributed by atoms with Gasteiger partial charge in [0.05, 0.1) is 6.04 Å². The van der Waals surface area contributed by atoms with E-state index >= 15 is 0 Å². The van der Waals surface area contributed by atoms with Crippen LogP contribution in [0.2, 0.25) is 0 Å². The van der Waals surface area contributed by atoms with Crippen LogP contribution in [0.3, 0.4) is 0 Å². The minimum Gasteiger partial charge on any atom is -0.328 e. The van der Waals surface area contributed by atoms with E-state index in [1.165, 1.54) is 0 Å². The van der Waals surface area contributed by atoms with Crippen molar-refractivity contribution >= 4 is 22.5 Å². The largest absolute Gasteiger partial charge is 0.328 e. The molecule has 1 unspecified atom stereocenters. The number of carbonyl (C=O) groups excluding carboxylic acids is 2. The first-order valence-electron chi connectivity index (χ1n) is 8.59. The normalized spacial score (nSPS) is 17.2. The standard InChI is InChI=1S/C22H19NO2/c24-21-14-13-20(23(21)15-16-7-2-1-3-8-16)22(25)19-12-6-10-17-9-4-5-11-18(17)19/h1-12,20H,13-15H2. The van der Waals surface area contributed by atoms with Crippen molar-refractivity contribution in [3.8, 4) is 0 Å². The van der Waals surface area contributed by atoms with Crippen molar-refractivity contribution in [2.75, 3.05) is 0 Å². The molecule has 0 bridgehead atoms. The van der Waals surface area contributed by atoms with Crippen LogP contribution in [-0.4, -0.2) is 22.6 Å². The molecule has 0 N–H and O–H groups in total. The lowest BCUT2D eigenvalue weighted by atomic mass is 9.96. The lowest BCUT2D eigenvalue weighted by molar-refractivity contribution is -0.129. The lowest BCUT2D eigenvalue weighted by Gasteiger charge is -2.24. The fourth-order valence-corrected chi connectivity index (χ4v) is 3.60. The number of nitrogens with zero attached hydrogens (tertiary/aromatic N) is 1. The maximum absolute atomic E-state index is 13.2. The van der Waals surface area contributed by atoms with Gasteiger partial charge in [0.1, 0.15) is 0 Å². The first kappa shape index (κ1) is 15.6. The van der Waals surface area contributed by atoms with E-state index in [2.05, 4.69) is 0 Å². The van der Waals surface area contributed by atoms with Gasteiger partial charge in [-0.15, -0.1) is 0 Å². The van der Waals surface area contributed by atoms with E-state index in [4.69, 9.17) is 0 Å². The molecule has 3 nitrogen and oxygen atoms in total. The van der Waals surface area contributed by atoms with E-state index in [9.17, 15) is 9.59 Å². The number of likely N-dealkylation sites (tertiary alicyclic amines) is 1. The van der Waals surface area contributed by atoms with Crippen LogP contribution in [0, 0.1) is 0 Å². The number of Topliss-reactive ketones (excluding diaryl/α,β-unsaturated/α-hetero) is 1. The Morgan fingerprint density at radius 3 is 2.48 bits per heavy atom. The third-order valence-corrected chi connectivity index (χ3v) is 4.88. The maximum Gasteiger partial charge on any atom is 0.223 e. The average Bonchev–Trinajstić information content (AvgIpc) is 3.02. The van der Waals surface area contributed by atoms with Crippen LogP contribution >= 0.6 is 0 Å². The van der Waals surface area contributed by atoms with Crippen LogP contribution in [0.25, 0.3) is 10.8 Å². The summed E-state index contributed by atoms with van der Waals surface area (Å²) in [5.74, 6) is 0.0982. The molecular weight excluding hydrogens is 310 g/mol. The van der Waals surface area contributed by atoms with Gasteiger partial charge >= 0.3 is 0 Å². The highest BCUT2D eigenvalue weighted by molar-refractivity contribution is 6.12. The summed E-state index contributed by atoms with van der Waals surface area (Å²) >= 11 is 0. The van der Waals surface area contributed by atoms with Gasteiger partial charge in [0.25, 0.3) is 0 Å². The maximum atomic E-state index is 13.2. The van der Waals surface area contributed by atoms with Crippen molar-refractivity contribution in [3.05, 3.63) is 83.9 Å². The predicted molar refractivity (Wildman–Crippen MR) is 98.3 cm³/mol. The Bertz CT molecular complexity index is 928. The molecule has 1 amide bonds. The summed E-state index contributed by atoms with van der Waals surface area (Å²) in [4.78, 5) is 27.3. The topological polar surface area (TPSA) is 37.4 Å². The Morgan fingerprint density at radius 1 is 0.920 bits per heavy atom. The molecule has 1 aliphatic heterocycles. The van der Waals surface area contributed by atoms with Crippen molar-refractivity contribution in [1.29, 1.82) is 0 Å². The Labute approximate surface area is 146 Å². The second kappa shape index (κ2) is 6.52. The summed E-state index contributed by atoms with van der Waals surface area (Å²) in [5.41, 5.74) is 1.75. The summed E-state index contributed by atoms with van der Waals surface area (Å²) in [5, 5.41) is 2.00. The van der Waals surface area contributed by atoms with Crippen LogP contribution in [0.4, 0.5) is 0 Å². The van der Waals surface area contributed by atoms with Gasteiger partial charge < -0.3 is 4.90 Å². The molecule has 1 fully saturated rings. The number of carbonyl (C=O) groups is 2. The third-order valence-electron chi connectivity index (χ3n) is 4.88. The zero-order valence-corrected chi connectivity index (χ0v) is 13.9. The SMILES string of the molecule is O=C(c1cccc2ccccc12)C1CCC(=O)N1Cc1ccccc1. The summed E-state index contributed by atoms with van der Waals surface area (Å²) in [6, 6.07) is 23.2. The number of hydrogen-bond donors (Lipinski definition) is 0. The Hall–Kier alpha value is -2.94. The molecule has 0 spiro atoms. The van der Waals surface area contributed by atoms with E-state index in [0.29, 0.717) is 24.9 Å². The molecule has 3 aromatic carbocycles. The quantitative estimate of drug-likeness (QED) is 0.672. The van der Waals surface area contributed by atoms with Crippen molar-refractivity contribution < 1.29 is 9.59 Å². The van der Waals surface area contributed by atoms with Gasteiger partial charge in [-0.3, -0.25) is 9.59 Å². The van der Waals surface area contributed by atoms with Gasteiger partial charge in [-0.2, -0.15) is 0 Å². The average molecular weight is 329 g/mol. The first-order chi connectivity index (χ1) is 12.2. The summed E-state index contributed by atoms with van der Waals surface area (Å²) in [7, 11) is 0. The van der Waals surface area contributed by atoms with E-state index in [0.717, 1.165) is 16.3 Å². The zero-order valence-electron chi connectivity index (χ0n) is 13.9.